The van der Waals surface area contributed by atoms with Gasteiger partial charge in [-0.15, -0.1) is 11.3 Å². The molecule has 20 heavy (non-hydrogen) atoms. The van der Waals surface area contributed by atoms with E-state index in [1.807, 2.05) is 23.9 Å². The Morgan fingerprint density at radius 3 is 3.00 bits per heavy atom. The quantitative estimate of drug-likeness (QED) is 0.919. The number of aliphatic hydroxyl groups is 1. The number of fused-ring (bicyclic) bond motifs is 1. The molecule has 2 aliphatic rings. The Morgan fingerprint density at radius 1 is 1.40 bits per heavy atom. The van der Waals surface area contributed by atoms with Gasteiger partial charge in [-0.05, 0) is 37.0 Å². The molecule has 0 bridgehead atoms. The number of rotatable bonds is 4. The lowest BCUT2D eigenvalue weighted by molar-refractivity contribution is 0.0793. The van der Waals surface area contributed by atoms with Crippen molar-refractivity contribution in [1.29, 1.82) is 0 Å². The predicted molar refractivity (Wildman–Crippen MR) is 81.1 cm³/mol. The second-order valence-corrected chi connectivity index (χ2v) is 7.50. The maximum Gasteiger partial charge on any atom is 0.120 e. The topological polar surface area (TPSA) is 37.5 Å². The highest BCUT2D eigenvalue weighted by Gasteiger charge is 2.38. The third-order valence-corrected chi connectivity index (χ3v) is 6.48. The Bertz CT molecular complexity index is 613. The van der Waals surface area contributed by atoms with Crippen molar-refractivity contribution in [1.82, 2.24) is 9.38 Å². The average Bonchev–Trinajstić information content (AvgIpc) is 2.91. The second-order valence-electron chi connectivity index (χ2n) is 6.44. The summed E-state index contributed by atoms with van der Waals surface area (Å²) in [4.78, 5) is 6.87. The van der Waals surface area contributed by atoms with Crippen molar-refractivity contribution in [2.45, 2.75) is 57.5 Å². The van der Waals surface area contributed by atoms with E-state index in [0.717, 1.165) is 5.69 Å². The average molecular weight is 290 g/mol. The summed E-state index contributed by atoms with van der Waals surface area (Å²) in [6.45, 7) is 2.26. The molecule has 0 radical (unpaired) electrons. The summed E-state index contributed by atoms with van der Waals surface area (Å²) in [6, 6.07) is 0. The largest absolute Gasteiger partial charge is 0.387 e. The lowest BCUT2D eigenvalue weighted by atomic mass is 9.87. The molecule has 2 aromatic rings. The van der Waals surface area contributed by atoms with E-state index >= 15 is 0 Å². The van der Waals surface area contributed by atoms with Gasteiger partial charge in [-0.1, -0.05) is 26.2 Å². The first-order valence-electron chi connectivity index (χ1n) is 7.92. The molecule has 2 aliphatic carbocycles. The number of hydrogen-bond acceptors (Lipinski definition) is 3. The Labute approximate surface area is 123 Å². The van der Waals surface area contributed by atoms with E-state index in [9.17, 15) is 5.11 Å². The van der Waals surface area contributed by atoms with Gasteiger partial charge in [-0.25, -0.2) is 4.98 Å². The van der Waals surface area contributed by atoms with Crippen LogP contribution in [0, 0.1) is 11.8 Å². The number of hydrogen-bond donors (Lipinski definition) is 1. The molecular weight excluding hydrogens is 268 g/mol. The minimum atomic E-state index is -0.305. The third kappa shape index (κ3) is 1.92. The molecule has 0 spiro atoms. The SMILES string of the molecule is CCC1CCCC1C(O)c1c(C2CC2)sc2cncn12. The summed E-state index contributed by atoms with van der Waals surface area (Å²) < 4.78 is 2.15. The zero-order chi connectivity index (χ0) is 13.7. The second kappa shape index (κ2) is 4.85. The van der Waals surface area contributed by atoms with Crippen LogP contribution in [-0.2, 0) is 0 Å². The van der Waals surface area contributed by atoms with Gasteiger partial charge in [0.25, 0.3) is 0 Å². The summed E-state index contributed by atoms with van der Waals surface area (Å²) in [5.41, 5.74) is 1.16. The Morgan fingerprint density at radius 2 is 2.25 bits per heavy atom. The molecule has 0 aromatic carbocycles. The van der Waals surface area contributed by atoms with E-state index in [-0.39, 0.29) is 6.10 Å². The van der Waals surface area contributed by atoms with Gasteiger partial charge in [-0.3, -0.25) is 4.40 Å². The molecule has 2 aromatic heterocycles. The predicted octanol–water partition coefficient (Wildman–Crippen LogP) is 4.13. The van der Waals surface area contributed by atoms with Crippen LogP contribution in [-0.4, -0.2) is 14.5 Å². The summed E-state index contributed by atoms with van der Waals surface area (Å²) in [5, 5.41) is 11.0. The van der Waals surface area contributed by atoms with Gasteiger partial charge in [-0.2, -0.15) is 0 Å². The molecule has 0 aliphatic heterocycles. The van der Waals surface area contributed by atoms with Crippen molar-refractivity contribution in [3.05, 3.63) is 23.1 Å². The van der Waals surface area contributed by atoms with E-state index in [1.165, 1.54) is 48.2 Å². The number of aliphatic hydroxyl groups excluding tert-OH is 1. The van der Waals surface area contributed by atoms with Crippen molar-refractivity contribution >= 4 is 16.2 Å². The normalized spacial score (nSPS) is 28.3. The number of imidazole rings is 1. The van der Waals surface area contributed by atoms with Crippen LogP contribution < -0.4 is 0 Å². The zero-order valence-corrected chi connectivity index (χ0v) is 12.8. The van der Waals surface area contributed by atoms with Crippen LogP contribution in [0.4, 0.5) is 0 Å². The highest BCUT2D eigenvalue weighted by Crippen LogP contribution is 2.50. The van der Waals surface area contributed by atoms with E-state index < -0.39 is 0 Å². The molecule has 4 heteroatoms. The molecule has 1 N–H and O–H groups in total. The van der Waals surface area contributed by atoms with Crippen LogP contribution in [0.2, 0.25) is 0 Å². The lowest BCUT2D eigenvalue weighted by Crippen LogP contribution is -2.19. The van der Waals surface area contributed by atoms with Crippen LogP contribution in [0.5, 0.6) is 0 Å². The summed E-state index contributed by atoms with van der Waals surface area (Å²) in [5.74, 6) is 1.83. The molecule has 4 rings (SSSR count). The van der Waals surface area contributed by atoms with Gasteiger partial charge in [0.05, 0.1) is 18.0 Å². The molecule has 0 saturated heterocycles. The van der Waals surface area contributed by atoms with Crippen LogP contribution in [0.15, 0.2) is 12.5 Å². The van der Waals surface area contributed by atoms with Crippen molar-refractivity contribution in [2.24, 2.45) is 11.8 Å². The van der Waals surface area contributed by atoms with Crippen LogP contribution in [0.1, 0.15) is 68.0 Å². The van der Waals surface area contributed by atoms with E-state index in [4.69, 9.17) is 0 Å². The highest BCUT2D eigenvalue weighted by atomic mass is 32.1. The number of nitrogens with zero attached hydrogens (tertiary/aromatic N) is 2. The van der Waals surface area contributed by atoms with Crippen molar-refractivity contribution < 1.29 is 5.11 Å². The first-order valence-corrected chi connectivity index (χ1v) is 8.74. The van der Waals surface area contributed by atoms with Crippen LogP contribution in [0.25, 0.3) is 4.83 Å². The Kier molecular flexibility index (Phi) is 3.11. The van der Waals surface area contributed by atoms with E-state index in [0.29, 0.717) is 17.8 Å². The van der Waals surface area contributed by atoms with Gasteiger partial charge in [0.1, 0.15) is 11.2 Å². The fourth-order valence-corrected chi connectivity index (χ4v) is 5.25. The monoisotopic (exact) mass is 290 g/mol. The number of thiazole rings is 1. The maximum absolute atomic E-state index is 11.0. The Balaban J connectivity index is 1.75. The van der Waals surface area contributed by atoms with Gasteiger partial charge in [0, 0.05) is 4.88 Å². The standard InChI is InChI=1S/C16H22N2OS/c1-2-10-4-3-5-12(10)15(19)14-16(11-6-7-11)20-13-8-17-9-18(13)14/h8-12,15,19H,2-7H2,1H3. The number of aromatic nitrogens is 2. The first kappa shape index (κ1) is 12.8. The molecule has 3 atom stereocenters. The summed E-state index contributed by atoms with van der Waals surface area (Å²) in [7, 11) is 0. The summed E-state index contributed by atoms with van der Waals surface area (Å²) in [6.07, 6.45) is 11.0. The van der Waals surface area contributed by atoms with Crippen LogP contribution >= 0.6 is 11.3 Å². The van der Waals surface area contributed by atoms with Gasteiger partial charge in [0.2, 0.25) is 0 Å². The smallest absolute Gasteiger partial charge is 0.120 e. The van der Waals surface area contributed by atoms with E-state index in [1.54, 1.807) is 0 Å². The first-order chi connectivity index (χ1) is 9.79. The highest BCUT2D eigenvalue weighted by molar-refractivity contribution is 7.17. The molecule has 2 saturated carbocycles. The van der Waals surface area contributed by atoms with Gasteiger partial charge < -0.3 is 5.11 Å². The van der Waals surface area contributed by atoms with Crippen LogP contribution in [0.3, 0.4) is 0 Å². The van der Waals surface area contributed by atoms with Crippen molar-refractivity contribution in [3.63, 3.8) is 0 Å². The molecule has 2 heterocycles. The maximum atomic E-state index is 11.0. The molecule has 3 nitrogen and oxygen atoms in total. The molecular formula is C16H22N2OS. The fourth-order valence-electron chi connectivity index (χ4n) is 3.94. The summed E-state index contributed by atoms with van der Waals surface area (Å²) >= 11 is 1.84. The van der Waals surface area contributed by atoms with Gasteiger partial charge >= 0.3 is 0 Å². The third-order valence-electron chi connectivity index (χ3n) is 5.21. The molecule has 0 amide bonds. The molecule has 3 unspecified atom stereocenters. The fraction of sp³-hybridized carbons (Fsp3) is 0.688. The van der Waals surface area contributed by atoms with Crippen molar-refractivity contribution in [3.8, 4) is 0 Å². The molecule has 2 fully saturated rings. The Hall–Kier alpha value is -0.870. The lowest BCUT2D eigenvalue weighted by Gasteiger charge is -2.24. The van der Waals surface area contributed by atoms with Crippen molar-refractivity contribution in [2.75, 3.05) is 0 Å². The zero-order valence-electron chi connectivity index (χ0n) is 12.0. The minimum Gasteiger partial charge on any atom is -0.387 e. The molecule has 108 valence electrons. The minimum absolute atomic E-state index is 0.305. The van der Waals surface area contributed by atoms with Gasteiger partial charge in [0.15, 0.2) is 0 Å². The van der Waals surface area contributed by atoms with E-state index in [2.05, 4.69) is 16.3 Å².